The predicted octanol–water partition coefficient (Wildman–Crippen LogP) is 4.67. The van der Waals surface area contributed by atoms with Gasteiger partial charge < -0.3 is 22.1 Å². The molecule has 0 rings (SSSR count). The minimum absolute atomic E-state index is 0.251. The van der Waals surface area contributed by atoms with Gasteiger partial charge in [-0.3, -0.25) is 4.79 Å². The molecule has 0 aliphatic rings. The van der Waals surface area contributed by atoms with Gasteiger partial charge in [0.2, 0.25) is 0 Å². The molecule has 0 fully saturated rings. The highest BCUT2D eigenvalue weighted by Gasteiger charge is 2.12. The molecule has 0 radical (unpaired) electrons. The number of nitrogens with two attached hydrogens (primary N) is 2. The summed E-state index contributed by atoms with van der Waals surface area (Å²) in [6.07, 6.45) is 18.3. The molecular weight excluding hydrogens is 372 g/mol. The lowest BCUT2D eigenvalue weighted by molar-refractivity contribution is -0.120. The summed E-state index contributed by atoms with van der Waals surface area (Å²) < 4.78 is 0. The number of Topliss-reactive ketones (excluding diaryl/α,β-unsaturated/α-hetero) is 1. The zero-order valence-electron chi connectivity index (χ0n) is 20.4. The van der Waals surface area contributed by atoms with Crippen LogP contribution in [-0.2, 0) is 4.79 Å². The van der Waals surface area contributed by atoms with E-state index in [1.807, 2.05) is 0 Å². The molecule has 0 spiro atoms. The summed E-state index contributed by atoms with van der Waals surface area (Å²) in [4.78, 5) is 12.2. The first-order chi connectivity index (χ1) is 14.7. The minimum Gasteiger partial charge on any atom is -0.330 e. The van der Waals surface area contributed by atoms with Crippen molar-refractivity contribution in [3.63, 3.8) is 0 Å². The maximum absolute atomic E-state index is 12.2. The second-order valence-corrected chi connectivity index (χ2v) is 8.91. The maximum atomic E-state index is 12.2. The normalized spacial score (nSPS) is 12.6. The van der Waals surface area contributed by atoms with E-state index in [-0.39, 0.29) is 11.8 Å². The molecule has 0 aliphatic heterocycles. The highest BCUT2D eigenvalue weighted by Crippen LogP contribution is 2.11. The Hall–Kier alpha value is -0.490. The van der Waals surface area contributed by atoms with Gasteiger partial charge in [0.1, 0.15) is 5.78 Å². The molecule has 0 saturated carbocycles. The first kappa shape index (κ1) is 29.5. The number of hydrogen-bond donors (Lipinski definition) is 4. The lowest BCUT2D eigenvalue weighted by atomic mass is 10.0. The zero-order valence-corrected chi connectivity index (χ0v) is 20.4. The average molecular weight is 427 g/mol. The van der Waals surface area contributed by atoms with E-state index in [0.29, 0.717) is 12.5 Å². The summed E-state index contributed by atoms with van der Waals surface area (Å²) in [5.74, 6) is 0.265. The van der Waals surface area contributed by atoms with E-state index in [4.69, 9.17) is 11.5 Å². The summed E-state index contributed by atoms with van der Waals surface area (Å²) in [7, 11) is 0. The number of carbonyl (C=O) groups is 1. The van der Waals surface area contributed by atoms with Crippen LogP contribution < -0.4 is 22.1 Å². The van der Waals surface area contributed by atoms with Crippen LogP contribution >= 0.6 is 0 Å². The molecule has 30 heavy (non-hydrogen) atoms. The van der Waals surface area contributed by atoms with Crippen LogP contribution in [0.5, 0.6) is 0 Å². The van der Waals surface area contributed by atoms with Crippen LogP contribution in [0.1, 0.15) is 117 Å². The van der Waals surface area contributed by atoms with Gasteiger partial charge in [0.15, 0.2) is 0 Å². The van der Waals surface area contributed by atoms with Crippen LogP contribution in [0, 0.1) is 0 Å². The summed E-state index contributed by atoms with van der Waals surface area (Å²) in [6.45, 7) is 8.48. The standard InChI is InChI=1S/C25H54N4O/c1-3-15-23(16-4-2)29-22-13-11-17-24(27)25(30)18-10-8-6-5-7-9-12-20-28-21-14-19-26/h23-24,28-29H,3-22,26-27H2,1-2H3/t24-/m0/s1. The van der Waals surface area contributed by atoms with Gasteiger partial charge in [-0.15, -0.1) is 0 Å². The third-order valence-corrected chi connectivity index (χ3v) is 5.90. The summed E-state index contributed by atoms with van der Waals surface area (Å²) in [5, 5.41) is 7.09. The molecule has 6 N–H and O–H groups in total. The smallest absolute Gasteiger partial charge is 0.149 e. The van der Waals surface area contributed by atoms with Gasteiger partial charge in [-0.05, 0) is 71.1 Å². The van der Waals surface area contributed by atoms with Crippen molar-refractivity contribution < 1.29 is 4.79 Å². The Kier molecular flexibility index (Phi) is 22.8. The van der Waals surface area contributed by atoms with Gasteiger partial charge in [-0.1, -0.05) is 65.2 Å². The zero-order chi connectivity index (χ0) is 22.3. The van der Waals surface area contributed by atoms with Gasteiger partial charge in [0.05, 0.1) is 6.04 Å². The topological polar surface area (TPSA) is 93.2 Å². The largest absolute Gasteiger partial charge is 0.330 e. The SMILES string of the molecule is CCCC(CCC)NCCCC[C@H](N)C(=O)CCCCCCCCCNCCCN. The van der Waals surface area contributed by atoms with Crippen molar-refractivity contribution in [1.82, 2.24) is 10.6 Å². The van der Waals surface area contributed by atoms with E-state index in [1.54, 1.807) is 0 Å². The van der Waals surface area contributed by atoms with Crippen LogP contribution in [0.2, 0.25) is 0 Å². The first-order valence-electron chi connectivity index (χ1n) is 13.1. The van der Waals surface area contributed by atoms with E-state index in [0.717, 1.165) is 64.7 Å². The van der Waals surface area contributed by atoms with Gasteiger partial charge in [0, 0.05) is 12.5 Å². The molecule has 0 aromatic heterocycles. The maximum Gasteiger partial charge on any atom is 0.149 e. The van der Waals surface area contributed by atoms with Crippen LogP contribution in [-0.4, -0.2) is 44.0 Å². The van der Waals surface area contributed by atoms with Crippen molar-refractivity contribution in [2.24, 2.45) is 11.5 Å². The lowest BCUT2D eigenvalue weighted by Gasteiger charge is -2.17. The van der Waals surface area contributed by atoms with Gasteiger partial charge in [-0.2, -0.15) is 0 Å². The highest BCUT2D eigenvalue weighted by atomic mass is 16.1. The van der Waals surface area contributed by atoms with Gasteiger partial charge in [0.25, 0.3) is 0 Å². The molecule has 0 bridgehead atoms. The second kappa shape index (κ2) is 23.2. The average Bonchev–Trinajstić information content (AvgIpc) is 2.74. The molecule has 180 valence electrons. The number of unbranched alkanes of at least 4 members (excludes halogenated alkanes) is 7. The summed E-state index contributed by atoms with van der Waals surface area (Å²) in [5.41, 5.74) is 11.6. The van der Waals surface area contributed by atoms with Gasteiger partial charge in [-0.25, -0.2) is 0 Å². The van der Waals surface area contributed by atoms with Crippen molar-refractivity contribution in [3.8, 4) is 0 Å². The van der Waals surface area contributed by atoms with Crippen LogP contribution in [0.25, 0.3) is 0 Å². The van der Waals surface area contributed by atoms with Crippen LogP contribution in [0.15, 0.2) is 0 Å². The van der Waals surface area contributed by atoms with Crippen molar-refractivity contribution in [1.29, 1.82) is 0 Å². The third kappa shape index (κ3) is 19.5. The van der Waals surface area contributed by atoms with Crippen LogP contribution in [0.3, 0.4) is 0 Å². The molecule has 0 aromatic rings. The number of rotatable bonds is 24. The lowest BCUT2D eigenvalue weighted by Crippen LogP contribution is -2.32. The Morgan fingerprint density at radius 3 is 1.93 bits per heavy atom. The summed E-state index contributed by atoms with van der Waals surface area (Å²) in [6, 6.07) is 0.409. The molecule has 0 aromatic carbocycles. The first-order valence-corrected chi connectivity index (χ1v) is 13.1. The number of hydrogen-bond acceptors (Lipinski definition) is 5. The minimum atomic E-state index is -0.251. The fraction of sp³-hybridized carbons (Fsp3) is 0.960. The predicted molar refractivity (Wildman–Crippen MR) is 132 cm³/mol. The molecule has 0 saturated heterocycles. The third-order valence-electron chi connectivity index (χ3n) is 5.90. The van der Waals surface area contributed by atoms with Crippen molar-refractivity contribution in [3.05, 3.63) is 0 Å². The molecule has 0 unspecified atom stereocenters. The van der Waals surface area contributed by atoms with Crippen molar-refractivity contribution in [2.75, 3.05) is 26.2 Å². The number of ketones is 1. The fourth-order valence-electron chi connectivity index (χ4n) is 3.97. The highest BCUT2D eigenvalue weighted by molar-refractivity contribution is 5.83. The molecule has 0 heterocycles. The van der Waals surface area contributed by atoms with Crippen molar-refractivity contribution >= 4 is 5.78 Å². The Morgan fingerprint density at radius 1 is 0.733 bits per heavy atom. The Morgan fingerprint density at radius 2 is 1.30 bits per heavy atom. The molecular formula is C25H54N4O. The molecule has 0 aliphatic carbocycles. The Labute approximate surface area is 187 Å². The molecule has 1 atom stereocenters. The molecule has 0 amide bonds. The van der Waals surface area contributed by atoms with E-state index in [2.05, 4.69) is 24.5 Å². The van der Waals surface area contributed by atoms with Crippen LogP contribution in [0.4, 0.5) is 0 Å². The summed E-state index contributed by atoms with van der Waals surface area (Å²) >= 11 is 0. The van der Waals surface area contributed by atoms with E-state index in [9.17, 15) is 4.79 Å². The van der Waals surface area contributed by atoms with Gasteiger partial charge >= 0.3 is 0 Å². The Balaban J connectivity index is 3.47. The number of nitrogens with one attached hydrogen (secondary N) is 2. The quantitative estimate of drug-likeness (QED) is 0.168. The molecule has 5 nitrogen and oxygen atoms in total. The number of carbonyl (C=O) groups excluding carboxylic acids is 1. The van der Waals surface area contributed by atoms with E-state index < -0.39 is 0 Å². The fourth-order valence-corrected chi connectivity index (χ4v) is 3.97. The Bertz CT molecular complexity index is 359. The molecule has 5 heteroatoms. The van der Waals surface area contributed by atoms with Crippen molar-refractivity contribution in [2.45, 2.75) is 129 Å². The van der Waals surface area contributed by atoms with E-state index >= 15 is 0 Å². The second-order valence-electron chi connectivity index (χ2n) is 8.91. The monoisotopic (exact) mass is 426 g/mol. The van der Waals surface area contributed by atoms with E-state index in [1.165, 1.54) is 57.8 Å².